The summed E-state index contributed by atoms with van der Waals surface area (Å²) in [4.78, 5) is 11.1. The molecule has 0 aromatic rings. The Morgan fingerprint density at radius 2 is 2.33 bits per heavy atom. The molecule has 0 fully saturated rings. The van der Waals surface area contributed by atoms with Crippen LogP contribution in [0, 0.1) is 12.3 Å². The zero-order chi connectivity index (χ0) is 9.56. The average Bonchev–Trinajstić information content (AvgIpc) is 2.04. The fourth-order valence-electron chi connectivity index (χ4n) is 0.579. The quantitative estimate of drug-likeness (QED) is 0.497. The normalized spacial score (nSPS) is 14.5. The molecule has 0 aromatic heterocycles. The van der Waals surface area contributed by atoms with Crippen molar-refractivity contribution in [3.63, 3.8) is 0 Å². The molecule has 0 heterocycles. The first-order chi connectivity index (χ1) is 5.61. The molecule has 12 heavy (non-hydrogen) atoms. The number of rotatable bonds is 4. The third kappa shape index (κ3) is 3.99. The maximum atomic E-state index is 11.1. The number of esters is 1. The van der Waals surface area contributed by atoms with Crippen molar-refractivity contribution in [1.82, 2.24) is 0 Å². The van der Waals surface area contributed by atoms with Crippen molar-refractivity contribution < 1.29 is 9.53 Å². The summed E-state index contributed by atoms with van der Waals surface area (Å²) in [6.07, 6.45) is 5.93. The molecule has 0 aromatic carbocycles. The van der Waals surface area contributed by atoms with Crippen molar-refractivity contribution in [2.75, 3.05) is 0 Å². The summed E-state index contributed by atoms with van der Waals surface area (Å²) in [7, 11) is 0. The smallest absolute Gasteiger partial charge is 0.324 e. The summed E-state index contributed by atoms with van der Waals surface area (Å²) in [5, 5.41) is 0. The van der Waals surface area contributed by atoms with Crippen LogP contribution in [0.3, 0.4) is 0 Å². The molecule has 0 amide bonds. The molecule has 2 atom stereocenters. The van der Waals surface area contributed by atoms with E-state index in [1.165, 1.54) is 0 Å². The van der Waals surface area contributed by atoms with Gasteiger partial charge in [-0.05, 0) is 13.3 Å². The summed E-state index contributed by atoms with van der Waals surface area (Å²) in [5.41, 5.74) is 5.41. The van der Waals surface area contributed by atoms with Crippen LogP contribution in [0.2, 0.25) is 0 Å². The van der Waals surface area contributed by atoms with Gasteiger partial charge in [0.2, 0.25) is 0 Å². The van der Waals surface area contributed by atoms with Gasteiger partial charge < -0.3 is 10.5 Å². The van der Waals surface area contributed by atoms with E-state index in [2.05, 4.69) is 5.92 Å². The molecule has 0 saturated carbocycles. The molecule has 0 spiro atoms. The van der Waals surface area contributed by atoms with Crippen LogP contribution >= 0.6 is 0 Å². The van der Waals surface area contributed by atoms with Gasteiger partial charge in [-0.15, -0.1) is 12.3 Å². The van der Waals surface area contributed by atoms with E-state index in [1.54, 1.807) is 0 Å². The summed E-state index contributed by atoms with van der Waals surface area (Å²) in [6.45, 7) is 3.76. The molecule has 3 heteroatoms. The highest BCUT2D eigenvalue weighted by atomic mass is 16.5. The van der Waals surface area contributed by atoms with Gasteiger partial charge in [0.15, 0.2) is 0 Å². The Balaban J connectivity index is 3.80. The SMILES string of the molecule is C#CCC(N)C(=O)OC(C)CC. The minimum atomic E-state index is -0.677. The van der Waals surface area contributed by atoms with Gasteiger partial charge >= 0.3 is 5.97 Å². The lowest BCUT2D eigenvalue weighted by molar-refractivity contribution is -0.149. The molecule has 0 saturated heterocycles. The molecular formula is C9H15NO2. The van der Waals surface area contributed by atoms with Crippen LogP contribution in [-0.4, -0.2) is 18.1 Å². The standard InChI is InChI=1S/C9H15NO2/c1-4-6-8(10)9(11)12-7(3)5-2/h1,7-8H,5-6,10H2,2-3H3. The first kappa shape index (κ1) is 11.0. The topological polar surface area (TPSA) is 52.3 Å². The highest BCUT2D eigenvalue weighted by Crippen LogP contribution is 1.99. The van der Waals surface area contributed by atoms with Gasteiger partial charge in [-0.25, -0.2) is 0 Å². The van der Waals surface area contributed by atoms with Gasteiger partial charge in [-0.2, -0.15) is 0 Å². The second-order valence-corrected chi connectivity index (χ2v) is 2.67. The van der Waals surface area contributed by atoms with Gasteiger partial charge in [0.05, 0.1) is 6.10 Å². The lowest BCUT2D eigenvalue weighted by Crippen LogP contribution is -2.33. The molecule has 0 aliphatic heterocycles. The highest BCUT2D eigenvalue weighted by Gasteiger charge is 2.15. The molecule has 0 radical (unpaired) electrons. The molecule has 0 rings (SSSR count). The van der Waals surface area contributed by atoms with Crippen molar-refractivity contribution in [3.8, 4) is 12.3 Å². The Labute approximate surface area is 73.3 Å². The Hall–Kier alpha value is -1.01. The van der Waals surface area contributed by atoms with E-state index in [1.807, 2.05) is 13.8 Å². The number of hydrogen-bond acceptors (Lipinski definition) is 3. The van der Waals surface area contributed by atoms with Crippen molar-refractivity contribution in [1.29, 1.82) is 0 Å². The van der Waals surface area contributed by atoms with E-state index in [0.29, 0.717) is 0 Å². The number of terminal acetylenes is 1. The number of carbonyl (C=O) groups is 1. The number of ether oxygens (including phenoxy) is 1. The molecular weight excluding hydrogens is 154 g/mol. The van der Waals surface area contributed by atoms with Crippen LogP contribution < -0.4 is 5.73 Å². The van der Waals surface area contributed by atoms with Gasteiger partial charge in [-0.1, -0.05) is 6.92 Å². The molecule has 2 unspecified atom stereocenters. The largest absolute Gasteiger partial charge is 0.462 e. The van der Waals surface area contributed by atoms with Gasteiger partial charge in [-0.3, -0.25) is 4.79 Å². The Morgan fingerprint density at radius 3 is 2.75 bits per heavy atom. The van der Waals surface area contributed by atoms with Crippen LogP contribution in [0.1, 0.15) is 26.7 Å². The van der Waals surface area contributed by atoms with Crippen LogP contribution in [0.25, 0.3) is 0 Å². The molecule has 0 aliphatic carbocycles. The first-order valence-electron chi connectivity index (χ1n) is 4.01. The fourth-order valence-corrected chi connectivity index (χ4v) is 0.579. The molecule has 0 bridgehead atoms. The molecule has 3 nitrogen and oxygen atoms in total. The fraction of sp³-hybridized carbons (Fsp3) is 0.667. The zero-order valence-electron chi connectivity index (χ0n) is 7.54. The Morgan fingerprint density at radius 1 is 1.75 bits per heavy atom. The van der Waals surface area contributed by atoms with Crippen molar-refractivity contribution in [3.05, 3.63) is 0 Å². The predicted octanol–water partition coefficient (Wildman–Crippen LogP) is 0.679. The van der Waals surface area contributed by atoms with Crippen LogP contribution in [0.15, 0.2) is 0 Å². The third-order valence-electron chi connectivity index (χ3n) is 1.53. The third-order valence-corrected chi connectivity index (χ3v) is 1.53. The maximum Gasteiger partial charge on any atom is 0.324 e. The monoisotopic (exact) mass is 169 g/mol. The minimum absolute atomic E-state index is 0.0821. The second-order valence-electron chi connectivity index (χ2n) is 2.67. The highest BCUT2D eigenvalue weighted by molar-refractivity contribution is 5.76. The summed E-state index contributed by atoms with van der Waals surface area (Å²) in [5.74, 6) is 1.90. The van der Waals surface area contributed by atoms with Crippen molar-refractivity contribution in [2.45, 2.75) is 38.8 Å². The summed E-state index contributed by atoms with van der Waals surface area (Å²) < 4.78 is 4.95. The van der Waals surface area contributed by atoms with Gasteiger partial charge in [0.1, 0.15) is 6.04 Å². The number of hydrogen-bond donors (Lipinski definition) is 1. The molecule has 68 valence electrons. The minimum Gasteiger partial charge on any atom is -0.462 e. The Kier molecular flexibility index (Phi) is 5.14. The maximum absolute atomic E-state index is 11.1. The number of carbonyl (C=O) groups excluding carboxylic acids is 1. The van der Waals surface area contributed by atoms with E-state index in [4.69, 9.17) is 16.9 Å². The van der Waals surface area contributed by atoms with Crippen molar-refractivity contribution in [2.24, 2.45) is 5.73 Å². The number of nitrogens with two attached hydrogens (primary N) is 1. The summed E-state index contributed by atoms with van der Waals surface area (Å²) >= 11 is 0. The van der Waals surface area contributed by atoms with E-state index >= 15 is 0 Å². The van der Waals surface area contributed by atoms with Gasteiger partial charge in [0.25, 0.3) is 0 Å². The van der Waals surface area contributed by atoms with Crippen molar-refractivity contribution >= 4 is 5.97 Å². The predicted molar refractivity (Wildman–Crippen MR) is 47.3 cm³/mol. The van der Waals surface area contributed by atoms with Gasteiger partial charge in [0, 0.05) is 6.42 Å². The summed E-state index contributed by atoms with van der Waals surface area (Å²) in [6, 6.07) is -0.677. The molecule has 2 N–H and O–H groups in total. The Bertz CT molecular complexity index is 183. The van der Waals surface area contributed by atoms with E-state index in [0.717, 1.165) is 6.42 Å². The lowest BCUT2D eigenvalue weighted by Gasteiger charge is -2.13. The zero-order valence-corrected chi connectivity index (χ0v) is 7.54. The molecule has 0 aliphatic rings. The second kappa shape index (κ2) is 5.62. The van der Waals surface area contributed by atoms with Crippen LogP contribution in [-0.2, 0) is 9.53 Å². The van der Waals surface area contributed by atoms with Crippen LogP contribution in [0.5, 0.6) is 0 Å². The first-order valence-corrected chi connectivity index (χ1v) is 4.01. The average molecular weight is 169 g/mol. The van der Waals surface area contributed by atoms with E-state index in [-0.39, 0.29) is 12.5 Å². The lowest BCUT2D eigenvalue weighted by atomic mass is 10.2. The van der Waals surface area contributed by atoms with E-state index < -0.39 is 12.0 Å². The van der Waals surface area contributed by atoms with E-state index in [9.17, 15) is 4.79 Å². The van der Waals surface area contributed by atoms with Crippen LogP contribution in [0.4, 0.5) is 0 Å².